The number of unbranched alkanes of at least 4 members (excludes halogenated alkanes) is 1. The van der Waals surface area contributed by atoms with Gasteiger partial charge in [-0.1, -0.05) is 0 Å². The van der Waals surface area contributed by atoms with Crippen LogP contribution in [0.1, 0.15) is 53.7 Å². The molecule has 0 radical (unpaired) electrons. The first kappa shape index (κ1) is 29.3. The summed E-state index contributed by atoms with van der Waals surface area (Å²) in [6.45, 7) is 3.40. The van der Waals surface area contributed by atoms with Crippen molar-refractivity contribution < 1.29 is 33.4 Å². The second-order valence-corrected chi connectivity index (χ2v) is 10.5. The number of ether oxygens (including phenoxy) is 2. The van der Waals surface area contributed by atoms with Gasteiger partial charge >= 0.3 is 5.97 Å². The lowest BCUT2D eigenvalue weighted by atomic mass is 9.94. The Labute approximate surface area is 240 Å². The number of aryl methyl sites for hydroxylation is 2. The van der Waals surface area contributed by atoms with Gasteiger partial charge in [-0.15, -0.1) is 0 Å². The number of halogens is 1. The monoisotopic (exact) mass is 581 g/mol. The molecule has 2 aliphatic rings. The van der Waals surface area contributed by atoms with Crippen LogP contribution >= 0.6 is 0 Å². The second-order valence-electron chi connectivity index (χ2n) is 10.5. The van der Waals surface area contributed by atoms with E-state index < -0.39 is 35.7 Å². The highest BCUT2D eigenvalue weighted by Crippen LogP contribution is 2.38. The van der Waals surface area contributed by atoms with Crippen LogP contribution in [0.25, 0.3) is 22.3 Å². The Bertz CT molecular complexity index is 1650. The summed E-state index contributed by atoms with van der Waals surface area (Å²) < 4.78 is 26.6. The molecule has 2 amide bonds. The predicted octanol–water partition coefficient (Wildman–Crippen LogP) is 0.839. The van der Waals surface area contributed by atoms with Gasteiger partial charge in [0.1, 0.15) is 19.2 Å². The number of carbonyl (C=O) groups excluding carboxylic acids is 3. The number of cyclic esters (lactones) is 1. The van der Waals surface area contributed by atoms with E-state index in [4.69, 9.17) is 20.2 Å². The summed E-state index contributed by atoms with van der Waals surface area (Å²) in [6.07, 6.45) is 0.388. The van der Waals surface area contributed by atoms with Crippen LogP contribution in [-0.2, 0) is 43.4 Å². The van der Waals surface area contributed by atoms with Crippen LogP contribution in [0.3, 0.4) is 0 Å². The number of aliphatic hydroxyl groups is 1. The molecule has 222 valence electrons. The maximum Gasteiger partial charge on any atom is 0.340 e. The number of nitrogens with one attached hydrogen (secondary N) is 2. The van der Waals surface area contributed by atoms with E-state index in [1.807, 2.05) is 0 Å². The lowest BCUT2D eigenvalue weighted by Gasteiger charge is -2.21. The number of aliphatic hydroxyl groups excluding tert-OH is 1. The first-order valence-corrected chi connectivity index (χ1v) is 13.7. The van der Waals surface area contributed by atoms with E-state index in [-0.39, 0.29) is 43.1 Å². The Morgan fingerprint density at radius 2 is 2.02 bits per heavy atom. The molecule has 0 unspecified atom stereocenters. The molecule has 13 heteroatoms. The summed E-state index contributed by atoms with van der Waals surface area (Å²) in [4.78, 5) is 53.3. The zero-order valence-corrected chi connectivity index (χ0v) is 23.3. The summed E-state index contributed by atoms with van der Waals surface area (Å²) in [7, 11) is 0. The highest BCUT2D eigenvalue weighted by Gasteiger charge is 2.34. The van der Waals surface area contributed by atoms with Crippen molar-refractivity contribution in [1.29, 1.82) is 0 Å². The minimum Gasteiger partial charge on any atom is -0.458 e. The standard InChI is InChI=1S/C29H32FN5O7/c1-14-7-17-16(5-3-4-6-41-13-33-24(36)10-32-27(38)15(2)31)19-11-35-23(25(19)34-22(17)9-21(14)30)8-18-20(28(35)39)12-42-29(40)26(18)37/h7-9,15,26,37H,3-6,10-13,31H2,1-2H3,(H,32,38)(H,33,36)/t15-,26-/m0/s1. The van der Waals surface area contributed by atoms with Crippen molar-refractivity contribution in [3.8, 4) is 11.4 Å². The number of fused-ring (bicyclic) bond motifs is 5. The number of pyridine rings is 2. The first-order chi connectivity index (χ1) is 20.1. The molecule has 0 bridgehead atoms. The zero-order chi connectivity index (χ0) is 30.1. The number of nitrogens with two attached hydrogens (primary N) is 1. The molecule has 2 aliphatic heterocycles. The Kier molecular flexibility index (Phi) is 8.34. The minimum absolute atomic E-state index is 0.0140. The average molecular weight is 582 g/mol. The van der Waals surface area contributed by atoms with Gasteiger partial charge in [0.2, 0.25) is 11.8 Å². The highest BCUT2D eigenvalue weighted by atomic mass is 19.1. The number of carbonyl (C=O) groups is 3. The highest BCUT2D eigenvalue weighted by molar-refractivity contribution is 5.89. The van der Waals surface area contributed by atoms with E-state index in [0.717, 1.165) is 16.5 Å². The van der Waals surface area contributed by atoms with Gasteiger partial charge in [-0.3, -0.25) is 14.4 Å². The lowest BCUT2D eigenvalue weighted by molar-refractivity contribution is -0.157. The van der Waals surface area contributed by atoms with Crippen LogP contribution in [0.15, 0.2) is 23.0 Å². The molecule has 3 aromatic rings. The number of hydrogen-bond acceptors (Lipinski definition) is 9. The molecule has 5 rings (SSSR count). The smallest absolute Gasteiger partial charge is 0.340 e. The number of hydrogen-bond donors (Lipinski definition) is 4. The number of rotatable bonds is 10. The normalized spacial score (nSPS) is 15.9. The number of amides is 2. The fourth-order valence-electron chi connectivity index (χ4n) is 5.22. The van der Waals surface area contributed by atoms with Crippen LogP contribution in [0.2, 0.25) is 0 Å². The largest absolute Gasteiger partial charge is 0.458 e. The van der Waals surface area contributed by atoms with E-state index in [2.05, 4.69) is 10.6 Å². The summed E-state index contributed by atoms with van der Waals surface area (Å²) in [6, 6.07) is 4.04. The molecule has 0 fully saturated rings. The third-order valence-corrected chi connectivity index (χ3v) is 7.53. The van der Waals surface area contributed by atoms with Crippen molar-refractivity contribution in [2.24, 2.45) is 5.73 Å². The van der Waals surface area contributed by atoms with E-state index in [0.29, 0.717) is 48.3 Å². The summed E-state index contributed by atoms with van der Waals surface area (Å²) >= 11 is 0. The quantitative estimate of drug-likeness (QED) is 0.120. The van der Waals surface area contributed by atoms with Crippen molar-refractivity contribution >= 4 is 28.7 Å². The van der Waals surface area contributed by atoms with Crippen molar-refractivity contribution in [3.63, 3.8) is 0 Å². The van der Waals surface area contributed by atoms with Gasteiger partial charge in [-0.05, 0) is 56.4 Å². The maximum atomic E-state index is 14.6. The lowest BCUT2D eigenvalue weighted by Crippen LogP contribution is -2.43. The zero-order valence-electron chi connectivity index (χ0n) is 23.3. The SMILES string of the molecule is Cc1cc2c(CCCCOCNC(=O)CNC(=O)[C@H](C)N)c3c(nc2cc1F)-c1cc2c(c(=O)n1C3)COC(=O)[C@H]2O. The van der Waals surface area contributed by atoms with Crippen molar-refractivity contribution in [1.82, 2.24) is 20.2 Å². The third-order valence-electron chi connectivity index (χ3n) is 7.53. The van der Waals surface area contributed by atoms with Gasteiger partial charge in [0.05, 0.1) is 41.6 Å². The van der Waals surface area contributed by atoms with Crippen molar-refractivity contribution in [2.75, 3.05) is 19.9 Å². The molecule has 0 aliphatic carbocycles. The van der Waals surface area contributed by atoms with Crippen LogP contribution in [0.5, 0.6) is 0 Å². The average Bonchev–Trinajstić information content (AvgIpc) is 3.32. The Hall–Kier alpha value is -4.20. The topological polar surface area (TPSA) is 175 Å². The Morgan fingerprint density at radius 3 is 2.79 bits per heavy atom. The fraction of sp³-hybridized carbons (Fsp3) is 0.414. The molecule has 4 heterocycles. The molecule has 0 spiro atoms. The fourth-order valence-corrected chi connectivity index (χ4v) is 5.22. The van der Waals surface area contributed by atoms with Crippen molar-refractivity contribution in [3.05, 3.63) is 62.2 Å². The van der Waals surface area contributed by atoms with E-state index in [1.165, 1.54) is 13.0 Å². The Balaban J connectivity index is 1.31. The molecule has 0 saturated heterocycles. The molecule has 1 aromatic carbocycles. The molecular formula is C29H32FN5O7. The summed E-state index contributed by atoms with van der Waals surface area (Å²) in [5.41, 5.74) is 9.17. The second kappa shape index (κ2) is 12.0. The third kappa shape index (κ3) is 5.62. The van der Waals surface area contributed by atoms with Crippen LogP contribution < -0.4 is 21.9 Å². The number of nitrogens with zero attached hydrogens (tertiary/aromatic N) is 2. The molecule has 0 saturated carbocycles. The molecular weight excluding hydrogens is 549 g/mol. The first-order valence-electron chi connectivity index (χ1n) is 13.7. The van der Waals surface area contributed by atoms with Crippen molar-refractivity contribution in [2.45, 2.75) is 58.4 Å². The van der Waals surface area contributed by atoms with Crippen LogP contribution in [-0.4, -0.2) is 58.4 Å². The van der Waals surface area contributed by atoms with E-state index in [1.54, 1.807) is 23.6 Å². The van der Waals surface area contributed by atoms with Gasteiger partial charge in [-0.2, -0.15) is 0 Å². The molecule has 2 atom stereocenters. The number of aromatic nitrogens is 2. The molecule has 12 nitrogen and oxygen atoms in total. The van der Waals surface area contributed by atoms with E-state index >= 15 is 0 Å². The molecule has 42 heavy (non-hydrogen) atoms. The van der Waals surface area contributed by atoms with Crippen LogP contribution in [0.4, 0.5) is 4.39 Å². The van der Waals surface area contributed by atoms with Gasteiger partial charge < -0.3 is 35.5 Å². The van der Waals surface area contributed by atoms with Gasteiger partial charge in [0.15, 0.2) is 6.10 Å². The van der Waals surface area contributed by atoms with Gasteiger partial charge in [-0.25, -0.2) is 14.2 Å². The minimum atomic E-state index is -1.56. The number of esters is 1. The predicted molar refractivity (Wildman–Crippen MR) is 149 cm³/mol. The van der Waals surface area contributed by atoms with E-state index in [9.17, 15) is 28.7 Å². The maximum absolute atomic E-state index is 14.6. The van der Waals surface area contributed by atoms with Gasteiger partial charge in [0.25, 0.3) is 5.56 Å². The van der Waals surface area contributed by atoms with Crippen LogP contribution in [0, 0.1) is 12.7 Å². The molecule has 5 N–H and O–H groups in total. The molecule has 2 aromatic heterocycles. The Morgan fingerprint density at radius 1 is 1.24 bits per heavy atom. The van der Waals surface area contributed by atoms with Gasteiger partial charge in [0, 0.05) is 29.2 Å². The summed E-state index contributed by atoms with van der Waals surface area (Å²) in [5.74, 6) is -2.03. The number of benzene rings is 1. The summed E-state index contributed by atoms with van der Waals surface area (Å²) in [5, 5.41) is 16.1.